The van der Waals surface area contributed by atoms with Crippen LogP contribution < -0.4 is 5.32 Å². The van der Waals surface area contributed by atoms with Gasteiger partial charge >= 0.3 is 0 Å². The van der Waals surface area contributed by atoms with Crippen molar-refractivity contribution in [2.75, 3.05) is 19.6 Å². The number of benzene rings is 1. The molecule has 24 heavy (non-hydrogen) atoms. The summed E-state index contributed by atoms with van der Waals surface area (Å²) in [5, 5.41) is 12.7. The molecule has 1 aliphatic heterocycles. The van der Waals surface area contributed by atoms with Crippen LogP contribution in [0.15, 0.2) is 24.3 Å². The largest absolute Gasteiger partial charge is 0.388 e. The molecule has 1 atom stereocenters. The molecular weight excluding hydrogens is 311 g/mol. The van der Waals surface area contributed by atoms with Crippen LogP contribution in [0.5, 0.6) is 0 Å². The number of aliphatic hydroxyl groups excluding tert-OH is 1. The van der Waals surface area contributed by atoms with Gasteiger partial charge in [-0.15, -0.1) is 0 Å². The van der Waals surface area contributed by atoms with Crippen molar-refractivity contribution in [2.45, 2.75) is 44.6 Å². The maximum atomic E-state index is 13.1. The van der Waals surface area contributed by atoms with Gasteiger partial charge in [0.1, 0.15) is 5.82 Å². The SMILES string of the molecule is O=C(CC(O)c1cccc(F)c1)NCCCN1CCCCCC1=O. The van der Waals surface area contributed by atoms with Crippen LogP contribution >= 0.6 is 0 Å². The highest BCUT2D eigenvalue weighted by Gasteiger charge is 2.16. The van der Waals surface area contributed by atoms with Gasteiger partial charge in [0.25, 0.3) is 0 Å². The quantitative estimate of drug-likeness (QED) is 0.750. The number of rotatable bonds is 7. The van der Waals surface area contributed by atoms with E-state index < -0.39 is 11.9 Å². The van der Waals surface area contributed by atoms with Crippen LogP contribution in [0.3, 0.4) is 0 Å². The molecule has 1 aromatic rings. The maximum absolute atomic E-state index is 13.1. The van der Waals surface area contributed by atoms with E-state index in [2.05, 4.69) is 5.32 Å². The lowest BCUT2D eigenvalue weighted by molar-refractivity contribution is -0.130. The fourth-order valence-electron chi connectivity index (χ4n) is 2.85. The number of nitrogens with zero attached hydrogens (tertiary/aromatic N) is 1. The van der Waals surface area contributed by atoms with E-state index in [0.717, 1.165) is 25.8 Å². The van der Waals surface area contributed by atoms with E-state index in [1.807, 2.05) is 4.90 Å². The number of halogens is 1. The van der Waals surface area contributed by atoms with Crippen molar-refractivity contribution in [2.24, 2.45) is 0 Å². The molecule has 1 unspecified atom stereocenters. The molecule has 0 bridgehead atoms. The Morgan fingerprint density at radius 3 is 2.96 bits per heavy atom. The molecule has 132 valence electrons. The van der Waals surface area contributed by atoms with Gasteiger partial charge in [-0.05, 0) is 37.0 Å². The van der Waals surface area contributed by atoms with Crippen LogP contribution in [-0.2, 0) is 9.59 Å². The predicted molar refractivity (Wildman–Crippen MR) is 88.7 cm³/mol. The zero-order valence-electron chi connectivity index (χ0n) is 13.8. The van der Waals surface area contributed by atoms with Crippen LogP contribution in [0.1, 0.15) is 50.2 Å². The van der Waals surface area contributed by atoms with Crippen LogP contribution in [-0.4, -0.2) is 41.5 Å². The van der Waals surface area contributed by atoms with Crippen molar-refractivity contribution in [1.82, 2.24) is 10.2 Å². The Morgan fingerprint density at radius 2 is 2.17 bits per heavy atom. The van der Waals surface area contributed by atoms with E-state index in [-0.39, 0.29) is 18.2 Å². The highest BCUT2D eigenvalue weighted by Crippen LogP contribution is 2.17. The molecule has 2 rings (SSSR count). The molecule has 0 spiro atoms. The average molecular weight is 336 g/mol. The van der Waals surface area contributed by atoms with Gasteiger partial charge in [0.05, 0.1) is 12.5 Å². The van der Waals surface area contributed by atoms with Gasteiger partial charge < -0.3 is 15.3 Å². The highest BCUT2D eigenvalue weighted by atomic mass is 19.1. The molecule has 0 radical (unpaired) electrons. The van der Waals surface area contributed by atoms with Gasteiger partial charge in [-0.2, -0.15) is 0 Å². The lowest BCUT2D eigenvalue weighted by Crippen LogP contribution is -2.34. The Labute approximate surface area is 141 Å². The monoisotopic (exact) mass is 336 g/mol. The molecule has 1 aliphatic rings. The summed E-state index contributed by atoms with van der Waals surface area (Å²) >= 11 is 0. The number of amides is 2. The third-order valence-corrected chi connectivity index (χ3v) is 4.21. The van der Waals surface area contributed by atoms with Crippen LogP contribution in [0.2, 0.25) is 0 Å². The maximum Gasteiger partial charge on any atom is 0.222 e. The lowest BCUT2D eigenvalue weighted by Gasteiger charge is -2.20. The van der Waals surface area contributed by atoms with E-state index in [1.54, 1.807) is 6.07 Å². The third-order valence-electron chi connectivity index (χ3n) is 4.21. The number of carbonyl (C=O) groups excluding carboxylic acids is 2. The highest BCUT2D eigenvalue weighted by molar-refractivity contribution is 5.77. The molecule has 1 fully saturated rings. The van der Waals surface area contributed by atoms with Crippen molar-refractivity contribution >= 4 is 11.8 Å². The van der Waals surface area contributed by atoms with Gasteiger partial charge in [-0.3, -0.25) is 9.59 Å². The lowest BCUT2D eigenvalue weighted by atomic mass is 10.1. The number of hydrogen-bond donors (Lipinski definition) is 2. The topological polar surface area (TPSA) is 69.6 Å². The summed E-state index contributed by atoms with van der Waals surface area (Å²) < 4.78 is 13.1. The zero-order chi connectivity index (χ0) is 17.4. The molecule has 2 N–H and O–H groups in total. The Morgan fingerprint density at radius 1 is 1.33 bits per heavy atom. The number of aliphatic hydroxyl groups is 1. The van der Waals surface area contributed by atoms with E-state index in [0.29, 0.717) is 31.5 Å². The first kappa shape index (κ1) is 18.4. The zero-order valence-corrected chi connectivity index (χ0v) is 13.8. The molecule has 1 heterocycles. The summed E-state index contributed by atoms with van der Waals surface area (Å²) in [6.07, 6.45) is 3.28. The first-order valence-corrected chi connectivity index (χ1v) is 8.54. The van der Waals surface area contributed by atoms with Crippen molar-refractivity contribution in [3.8, 4) is 0 Å². The van der Waals surface area contributed by atoms with Gasteiger partial charge in [0.15, 0.2) is 0 Å². The summed E-state index contributed by atoms with van der Waals surface area (Å²) in [7, 11) is 0. The van der Waals surface area contributed by atoms with Crippen molar-refractivity contribution in [3.05, 3.63) is 35.6 Å². The summed E-state index contributed by atoms with van der Waals surface area (Å²) in [6, 6.07) is 5.61. The van der Waals surface area contributed by atoms with Crippen LogP contribution in [0.4, 0.5) is 4.39 Å². The van der Waals surface area contributed by atoms with E-state index >= 15 is 0 Å². The fourth-order valence-corrected chi connectivity index (χ4v) is 2.85. The molecule has 1 saturated heterocycles. The second-order valence-corrected chi connectivity index (χ2v) is 6.17. The molecule has 0 saturated carbocycles. The smallest absolute Gasteiger partial charge is 0.222 e. The van der Waals surface area contributed by atoms with Crippen molar-refractivity contribution in [3.63, 3.8) is 0 Å². The standard InChI is InChI=1S/C18H25FN2O3/c19-15-7-4-6-14(12-15)16(22)13-17(23)20-9-5-11-21-10-3-1-2-8-18(21)24/h4,6-7,12,16,22H,1-3,5,8-11,13H2,(H,20,23). The Hall–Kier alpha value is -1.95. The van der Waals surface area contributed by atoms with E-state index in [4.69, 9.17) is 0 Å². The number of hydrogen-bond acceptors (Lipinski definition) is 3. The molecule has 1 aromatic carbocycles. The van der Waals surface area contributed by atoms with Gasteiger partial charge in [-0.1, -0.05) is 18.6 Å². The average Bonchev–Trinajstić information content (AvgIpc) is 2.76. The third kappa shape index (κ3) is 5.92. The van der Waals surface area contributed by atoms with Gasteiger partial charge in [0, 0.05) is 26.1 Å². The van der Waals surface area contributed by atoms with Crippen LogP contribution in [0.25, 0.3) is 0 Å². The summed E-state index contributed by atoms with van der Waals surface area (Å²) in [5.41, 5.74) is 0.389. The minimum absolute atomic E-state index is 0.105. The normalized spacial score (nSPS) is 16.6. The van der Waals surface area contributed by atoms with Crippen molar-refractivity contribution in [1.29, 1.82) is 0 Å². The fraction of sp³-hybridized carbons (Fsp3) is 0.556. The van der Waals surface area contributed by atoms with E-state index in [9.17, 15) is 19.1 Å². The summed E-state index contributed by atoms with van der Waals surface area (Å²) in [5.74, 6) is -0.525. The molecular formula is C18H25FN2O3. The molecule has 0 aliphatic carbocycles. The number of nitrogens with one attached hydrogen (secondary N) is 1. The molecule has 0 aromatic heterocycles. The summed E-state index contributed by atoms with van der Waals surface area (Å²) in [4.78, 5) is 25.5. The Bertz CT molecular complexity index is 565. The first-order valence-electron chi connectivity index (χ1n) is 8.54. The molecule has 6 heteroatoms. The second-order valence-electron chi connectivity index (χ2n) is 6.17. The number of likely N-dealkylation sites (tertiary alicyclic amines) is 1. The van der Waals surface area contributed by atoms with Gasteiger partial charge in [-0.25, -0.2) is 4.39 Å². The predicted octanol–water partition coefficient (Wildman–Crippen LogP) is 2.16. The second kappa shape index (κ2) is 9.37. The minimum atomic E-state index is -1.02. The van der Waals surface area contributed by atoms with Gasteiger partial charge in [0.2, 0.25) is 11.8 Å². The Balaban J connectivity index is 1.66. The van der Waals surface area contributed by atoms with Crippen molar-refractivity contribution < 1.29 is 19.1 Å². The molecule has 2 amide bonds. The Kier molecular flexibility index (Phi) is 7.18. The summed E-state index contributed by atoms with van der Waals surface area (Å²) in [6.45, 7) is 1.90. The minimum Gasteiger partial charge on any atom is -0.388 e. The van der Waals surface area contributed by atoms with E-state index in [1.165, 1.54) is 18.2 Å². The molecule has 5 nitrogen and oxygen atoms in total. The first-order chi connectivity index (χ1) is 11.6. The number of carbonyl (C=O) groups is 2. The van der Waals surface area contributed by atoms with Crippen LogP contribution in [0, 0.1) is 5.82 Å².